The second-order valence-corrected chi connectivity index (χ2v) is 14.1. The predicted molar refractivity (Wildman–Crippen MR) is 168 cm³/mol. The largest absolute Gasteiger partial charge is 0.448 e. The first-order valence-electron chi connectivity index (χ1n) is 15.5. The molecule has 0 bridgehead atoms. The van der Waals surface area contributed by atoms with Gasteiger partial charge in [-0.1, -0.05) is 70.2 Å². The van der Waals surface area contributed by atoms with Gasteiger partial charge in [0, 0.05) is 17.7 Å². The maximum Gasteiger partial charge on any atom is 0.352 e. The quantitative estimate of drug-likeness (QED) is 0.188. The van der Waals surface area contributed by atoms with Gasteiger partial charge in [0.25, 0.3) is 0 Å². The Morgan fingerprint density at radius 2 is 1.49 bits per heavy atom. The topological polar surface area (TPSA) is 21.9 Å². The molecular formula is C39H33N3O+2. The summed E-state index contributed by atoms with van der Waals surface area (Å²) in [4.78, 5) is 0. The molecule has 1 unspecified atom stereocenters. The summed E-state index contributed by atoms with van der Waals surface area (Å²) in [6.07, 6.45) is 4.57. The molecule has 4 aliphatic rings. The molecule has 2 aromatic heterocycles. The van der Waals surface area contributed by atoms with E-state index in [4.69, 9.17) is 4.74 Å². The highest BCUT2D eigenvalue weighted by Crippen LogP contribution is 2.60. The lowest BCUT2D eigenvalue weighted by Gasteiger charge is -2.43. The monoisotopic (exact) mass is 559 g/mol. The number of hydrogen-bond acceptors (Lipinski definition) is 1. The molecule has 10 rings (SSSR count). The van der Waals surface area contributed by atoms with Crippen molar-refractivity contribution in [3.05, 3.63) is 131 Å². The molecule has 5 heterocycles. The fraction of sp³-hybridized carbons (Fsp3) is 0.231. The van der Waals surface area contributed by atoms with E-state index in [0.29, 0.717) is 0 Å². The van der Waals surface area contributed by atoms with Crippen molar-refractivity contribution in [2.75, 3.05) is 0 Å². The van der Waals surface area contributed by atoms with Crippen LogP contribution in [0.3, 0.4) is 0 Å². The molecule has 1 spiro atoms. The van der Waals surface area contributed by atoms with Crippen LogP contribution in [0.1, 0.15) is 68.6 Å². The Labute approximate surface area is 251 Å². The highest BCUT2D eigenvalue weighted by molar-refractivity contribution is 5.87. The van der Waals surface area contributed by atoms with Crippen LogP contribution in [0.4, 0.5) is 0 Å². The van der Waals surface area contributed by atoms with Crippen molar-refractivity contribution in [2.45, 2.75) is 56.9 Å². The van der Waals surface area contributed by atoms with Gasteiger partial charge in [-0.2, -0.15) is 13.7 Å². The summed E-state index contributed by atoms with van der Waals surface area (Å²) >= 11 is 0. The molecule has 6 aromatic rings. The van der Waals surface area contributed by atoms with Crippen molar-refractivity contribution >= 4 is 11.0 Å². The molecule has 4 heteroatoms. The molecule has 0 saturated carbocycles. The van der Waals surface area contributed by atoms with Gasteiger partial charge in [-0.15, -0.1) is 0 Å². The van der Waals surface area contributed by atoms with Crippen molar-refractivity contribution in [1.29, 1.82) is 0 Å². The summed E-state index contributed by atoms with van der Waals surface area (Å²) in [5, 5.41) is 0. The predicted octanol–water partition coefficient (Wildman–Crippen LogP) is 7.78. The van der Waals surface area contributed by atoms with Crippen molar-refractivity contribution in [1.82, 2.24) is 4.57 Å². The van der Waals surface area contributed by atoms with Crippen LogP contribution in [-0.4, -0.2) is 4.57 Å². The fourth-order valence-electron chi connectivity index (χ4n) is 8.87. The zero-order valence-electron chi connectivity index (χ0n) is 25.0. The van der Waals surface area contributed by atoms with Crippen LogP contribution >= 0.6 is 0 Å². The van der Waals surface area contributed by atoms with Crippen molar-refractivity contribution in [3.63, 3.8) is 0 Å². The average Bonchev–Trinajstić information content (AvgIpc) is 3.62. The lowest BCUT2D eigenvalue weighted by atomic mass is 9.61. The third-order valence-electron chi connectivity index (χ3n) is 10.9. The van der Waals surface area contributed by atoms with Crippen LogP contribution in [0.15, 0.2) is 103 Å². The van der Waals surface area contributed by atoms with Gasteiger partial charge < -0.3 is 4.74 Å². The van der Waals surface area contributed by atoms with Gasteiger partial charge in [0.05, 0.1) is 16.7 Å². The number of hydrogen-bond donors (Lipinski definition) is 0. The molecule has 0 fully saturated rings. The Balaban J connectivity index is 1.51. The molecule has 0 amide bonds. The third-order valence-corrected chi connectivity index (χ3v) is 10.9. The summed E-state index contributed by atoms with van der Waals surface area (Å²) in [6, 6.07) is 35.6. The van der Waals surface area contributed by atoms with Crippen LogP contribution in [0, 0.1) is 0 Å². The van der Waals surface area contributed by atoms with E-state index in [9.17, 15) is 0 Å². The first-order valence-corrected chi connectivity index (χ1v) is 15.5. The zero-order chi connectivity index (χ0) is 28.9. The van der Waals surface area contributed by atoms with E-state index in [0.717, 1.165) is 41.1 Å². The number of rotatable bonds is 1. The molecule has 4 nitrogen and oxygen atoms in total. The third kappa shape index (κ3) is 2.58. The number of benzene rings is 4. The molecule has 0 radical (unpaired) electrons. The van der Waals surface area contributed by atoms with Crippen LogP contribution in [0.25, 0.3) is 33.7 Å². The number of ether oxygens (including phenoxy) is 1. The molecule has 1 aliphatic carbocycles. The molecule has 208 valence electrons. The molecule has 0 N–H and O–H groups in total. The molecule has 1 atom stereocenters. The van der Waals surface area contributed by atoms with Gasteiger partial charge in [0.15, 0.2) is 28.9 Å². The average molecular weight is 560 g/mol. The maximum atomic E-state index is 7.18. The van der Waals surface area contributed by atoms with Crippen LogP contribution in [0.5, 0.6) is 11.5 Å². The van der Waals surface area contributed by atoms with E-state index >= 15 is 0 Å². The van der Waals surface area contributed by atoms with Crippen molar-refractivity contribution < 1.29 is 13.9 Å². The Morgan fingerprint density at radius 3 is 2.35 bits per heavy atom. The van der Waals surface area contributed by atoms with Crippen LogP contribution in [0.2, 0.25) is 0 Å². The van der Waals surface area contributed by atoms with Crippen molar-refractivity contribution in [3.8, 4) is 34.1 Å². The van der Waals surface area contributed by atoms with Gasteiger partial charge in [-0.3, -0.25) is 0 Å². The molecule has 43 heavy (non-hydrogen) atoms. The number of nitrogens with zero attached hydrogens (tertiary/aromatic N) is 3. The number of para-hydroxylation sites is 2. The SMILES string of the molecule is CC1(C)CCC(C)(C)c2c1cc1c3c2Oc2cccc4c2[n+]-3c(n4-c2ccccc2)C12c1ccccc1-c1cccc[n+]12. The standard InChI is InChI=1S/C39H33N3O/c1-37(2)20-21-38(3,4)32-27(37)23-28-33-35(32)43-31-19-12-18-30-34(31)42(33)36(41(30)24-13-6-5-7-14-24)39(28)26-16-9-8-15-25(26)29-17-10-11-22-40(29)39/h5-19,22-23H,20-21H2,1-4H3/q+2. The van der Waals surface area contributed by atoms with E-state index in [2.05, 4.69) is 145 Å². The minimum Gasteiger partial charge on any atom is -0.448 e. The number of fused-ring (bicyclic) bond motifs is 9. The normalized spacial score (nSPS) is 20.6. The van der Waals surface area contributed by atoms with E-state index in [1.807, 2.05) is 0 Å². The highest BCUT2D eigenvalue weighted by Gasteiger charge is 2.70. The second-order valence-electron chi connectivity index (χ2n) is 14.1. The first-order chi connectivity index (χ1) is 20.8. The van der Waals surface area contributed by atoms with Gasteiger partial charge >= 0.3 is 11.4 Å². The summed E-state index contributed by atoms with van der Waals surface area (Å²) in [6.45, 7) is 9.66. The van der Waals surface area contributed by atoms with Gasteiger partial charge in [0.2, 0.25) is 11.2 Å². The minimum atomic E-state index is -0.580. The Hall–Kier alpha value is -4.70. The lowest BCUT2D eigenvalue weighted by Crippen LogP contribution is -2.57. The van der Waals surface area contributed by atoms with E-state index in [-0.39, 0.29) is 10.8 Å². The minimum absolute atomic E-state index is 0.00226. The van der Waals surface area contributed by atoms with Gasteiger partial charge in [-0.05, 0) is 71.7 Å². The number of pyridine rings is 1. The first kappa shape index (κ1) is 23.8. The summed E-state index contributed by atoms with van der Waals surface area (Å²) < 4.78 is 14.8. The van der Waals surface area contributed by atoms with Crippen LogP contribution < -0.4 is 13.9 Å². The molecule has 3 aliphatic heterocycles. The second kappa shape index (κ2) is 7.44. The van der Waals surface area contributed by atoms with E-state index in [1.165, 1.54) is 45.0 Å². The Kier molecular flexibility index (Phi) is 4.12. The Bertz CT molecular complexity index is 2170. The molecule has 4 aromatic carbocycles. The van der Waals surface area contributed by atoms with E-state index < -0.39 is 5.54 Å². The van der Waals surface area contributed by atoms with Crippen LogP contribution in [-0.2, 0) is 16.4 Å². The fourth-order valence-corrected chi connectivity index (χ4v) is 8.87. The van der Waals surface area contributed by atoms with Gasteiger partial charge in [0.1, 0.15) is 5.69 Å². The maximum absolute atomic E-state index is 7.18. The van der Waals surface area contributed by atoms with Gasteiger partial charge in [-0.25, -0.2) is 0 Å². The smallest absolute Gasteiger partial charge is 0.352 e. The number of imidazole rings is 1. The van der Waals surface area contributed by atoms with Crippen molar-refractivity contribution in [2.24, 2.45) is 0 Å². The van der Waals surface area contributed by atoms with E-state index in [1.54, 1.807) is 0 Å². The summed E-state index contributed by atoms with van der Waals surface area (Å²) in [5.41, 5.74) is 12.1. The molecule has 0 saturated heterocycles. The molecular weight excluding hydrogens is 526 g/mol. The Morgan fingerprint density at radius 1 is 0.721 bits per heavy atom. The summed E-state index contributed by atoms with van der Waals surface area (Å²) in [7, 11) is 0. The highest BCUT2D eigenvalue weighted by atomic mass is 16.5. The summed E-state index contributed by atoms with van der Waals surface area (Å²) in [5.74, 6) is 3.21. The number of aromatic nitrogens is 3. The lowest BCUT2D eigenvalue weighted by molar-refractivity contribution is -0.733. The zero-order valence-corrected chi connectivity index (χ0v) is 25.0.